The maximum absolute atomic E-state index is 11.0. The Morgan fingerprint density at radius 3 is 2.50 bits per heavy atom. The van der Waals surface area contributed by atoms with E-state index in [2.05, 4.69) is 0 Å². The lowest BCUT2D eigenvalue weighted by Crippen LogP contribution is -1.92. The van der Waals surface area contributed by atoms with Crippen LogP contribution in [-0.4, -0.2) is 22.8 Å². The van der Waals surface area contributed by atoms with Gasteiger partial charge >= 0.3 is 5.97 Å². The molecular formula is C14H14O3S. The van der Waals surface area contributed by atoms with Gasteiger partial charge in [0.25, 0.3) is 0 Å². The van der Waals surface area contributed by atoms with Crippen molar-refractivity contribution >= 4 is 17.3 Å². The van der Waals surface area contributed by atoms with Crippen molar-refractivity contribution in [3.63, 3.8) is 0 Å². The average molecular weight is 262 g/mol. The Hall–Kier alpha value is -1.65. The number of hydrogen-bond acceptors (Lipinski definition) is 3. The second kappa shape index (κ2) is 5.33. The normalized spacial score (nSPS) is 10.6. The molecule has 0 spiro atoms. The van der Waals surface area contributed by atoms with Gasteiger partial charge in [-0.05, 0) is 30.5 Å². The molecule has 0 bridgehead atoms. The Kier molecular flexibility index (Phi) is 3.79. The van der Waals surface area contributed by atoms with Gasteiger partial charge in [0.15, 0.2) is 0 Å². The number of aromatic carboxylic acids is 1. The molecule has 0 fully saturated rings. The minimum atomic E-state index is -0.919. The molecule has 94 valence electrons. The molecule has 4 heteroatoms. The van der Waals surface area contributed by atoms with Gasteiger partial charge in [0, 0.05) is 11.5 Å². The summed E-state index contributed by atoms with van der Waals surface area (Å²) in [4.78, 5) is 12.2. The standard InChI is InChI=1S/C14H14O3S/c1-9-2-4-10(5-3-9)13-11(6-7-15)8-12(18-13)14(16)17/h2-5,8,15H,6-7H2,1H3,(H,16,17). The fourth-order valence-electron chi connectivity index (χ4n) is 1.79. The largest absolute Gasteiger partial charge is 0.477 e. The summed E-state index contributed by atoms with van der Waals surface area (Å²) < 4.78 is 0. The van der Waals surface area contributed by atoms with E-state index in [-0.39, 0.29) is 6.61 Å². The van der Waals surface area contributed by atoms with Crippen LogP contribution in [0.25, 0.3) is 10.4 Å². The van der Waals surface area contributed by atoms with Crippen LogP contribution in [0.15, 0.2) is 30.3 Å². The summed E-state index contributed by atoms with van der Waals surface area (Å²) in [5, 5.41) is 18.1. The number of benzene rings is 1. The molecule has 0 aliphatic carbocycles. The van der Waals surface area contributed by atoms with Gasteiger partial charge in [-0.25, -0.2) is 4.79 Å². The summed E-state index contributed by atoms with van der Waals surface area (Å²) in [6, 6.07) is 9.61. The van der Waals surface area contributed by atoms with E-state index >= 15 is 0 Å². The van der Waals surface area contributed by atoms with E-state index in [1.807, 2.05) is 31.2 Å². The molecule has 1 aromatic carbocycles. The zero-order chi connectivity index (χ0) is 13.1. The first-order valence-corrected chi connectivity index (χ1v) is 6.47. The third-order valence-corrected chi connectivity index (χ3v) is 3.93. The van der Waals surface area contributed by atoms with Crippen molar-refractivity contribution in [2.75, 3.05) is 6.61 Å². The highest BCUT2D eigenvalue weighted by molar-refractivity contribution is 7.17. The molecule has 0 atom stereocenters. The van der Waals surface area contributed by atoms with Gasteiger partial charge in [-0.1, -0.05) is 29.8 Å². The summed E-state index contributed by atoms with van der Waals surface area (Å²) >= 11 is 1.26. The van der Waals surface area contributed by atoms with Crippen LogP contribution in [-0.2, 0) is 6.42 Å². The molecule has 0 aliphatic rings. The highest BCUT2D eigenvalue weighted by atomic mass is 32.1. The van der Waals surface area contributed by atoms with Gasteiger partial charge in [-0.15, -0.1) is 11.3 Å². The summed E-state index contributed by atoms with van der Waals surface area (Å²) in [7, 11) is 0. The number of aryl methyl sites for hydroxylation is 1. The number of carboxylic acid groups (broad SMARTS) is 1. The third kappa shape index (κ3) is 2.60. The Balaban J connectivity index is 2.47. The Morgan fingerprint density at radius 1 is 1.28 bits per heavy atom. The molecule has 0 saturated heterocycles. The van der Waals surface area contributed by atoms with Gasteiger partial charge in [0.05, 0.1) is 0 Å². The molecular weight excluding hydrogens is 248 g/mol. The van der Waals surface area contributed by atoms with E-state index in [4.69, 9.17) is 10.2 Å². The second-order valence-corrected chi connectivity index (χ2v) is 5.16. The summed E-state index contributed by atoms with van der Waals surface area (Å²) in [6.07, 6.45) is 0.479. The smallest absolute Gasteiger partial charge is 0.345 e. The van der Waals surface area contributed by atoms with E-state index in [1.165, 1.54) is 11.3 Å². The van der Waals surface area contributed by atoms with Crippen LogP contribution in [0.1, 0.15) is 20.8 Å². The SMILES string of the molecule is Cc1ccc(-c2sc(C(=O)O)cc2CCO)cc1. The van der Waals surface area contributed by atoms with Crippen LogP contribution in [0.2, 0.25) is 0 Å². The van der Waals surface area contributed by atoms with Crippen LogP contribution in [0, 0.1) is 6.92 Å². The lowest BCUT2D eigenvalue weighted by Gasteiger charge is -2.02. The van der Waals surface area contributed by atoms with Gasteiger partial charge in [-0.2, -0.15) is 0 Å². The van der Waals surface area contributed by atoms with Crippen LogP contribution in [0.4, 0.5) is 0 Å². The zero-order valence-corrected chi connectivity index (χ0v) is 10.8. The molecule has 0 radical (unpaired) electrons. The van der Waals surface area contributed by atoms with Crippen molar-refractivity contribution in [1.82, 2.24) is 0 Å². The number of carboxylic acids is 1. The van der Waals surface area contributed by atoms with E-state index in [1.54, 1.807) is 6.07 Å². The molecule has 0 aliphatic heterocycles. The molecule has 3 nitrogen and oxygen atoms in total. The van der Waals surface area contributed by atoms with Crippen molar-refractivity contribution < 1.29 is 15.0 Å². The zero-order valence-electron chi connectivity index (χ0n) is 10.0. The van der Waals surface area contributed by atoms with Crippen LogP contribution >= 0.6 is 11.3 Å². The lowest BCUT2D eigenvalue weighted by molar-refractivity contribution is 0.0702. The highest BCUT2D eigenvalue weighted by Gasteiger charge is 2.14. The quantitative estimate of drug-likeness (QED) is 0.890. The topological polar surface area (TPSA) is 57.5 Å². The molecule has 2 rings (SSSR count). The number of thiophene rings is 1. The van der Waals surface area contributed by atoms with Gasteiger partial charge in [0.2, 0.25) is 0 Å². The van der Waals surface area contributed by atoms with E-state index in [0.717, 1.165) is 21.6 Å². The number of carbonyl (C=O) groups is 1. The minimum Gasteiger partial charge on any atom is -0.477 e. The fourth-order valence-corrected chi connectivity index (χ4v) is 2.84. The lowest BCUT2D eigenvalue weighted by atomic mass is 10.1. The van der Waals surface area contributed by atoms with Crippen LogP contribution in [0.5, 0.6) is 0 Å². The van der Waals surface area contributed by atoms with Crippen molar-refractivity contribution in [3.05, 3.63) is 46.3 Å². The molecule has 1 heterocycles. The second-order valence-electron chi connectivity index (χ2n) is 4.11. The van der Waals surface area contributed by atoms with Crippen LogP contribution in [0.3, 0.4) is 0 Å². The fraction of sp³-hybridized carbons (Fsp3) is 0.214. The first-order valence-electron chi connectivity index (χ1n) is 5.65. The monoisotopic (exact) mass is 262 g/mol. The van der Waals surface area contributed by atoms with E-state index in [0.29, 0.717) is 11.3 Å². The van der Waals surface area contributed by atoms with Crippen molar-refractivity contribution in [1.29, 1.82) is 0 Å². The number of aliphatic hydroxyl groups is 1. The number of hydrogen-bond donors (Lipinski definition) is 2. The van der Waals surface area contributed by atoms with Crippen molar-refractivity contribution in [2.45, 2.75) is 13.3 Å². The molecule has 0 unspecified atom stereocenters. The molecule has 1 aromatic heterocycles. The third-order valence-electron chi connectivity index (χ3n) is 2.71. The first-order chi connectivity index (χ1) is 8.61. The minimum absolute atomic E-state index is 0.0225. The predicted octanol–water partition coefficient (Wildman–Crippen LogP) is 2.96. The summed E-state index contributed by atoms with van der Waals surface area (Å²) in [6.45, 7) is 2.03. The van der Waals surface area contributed by atoms with Gasteiger partial charge in [-0.3, -0.25) is 0 Å². The highest BCUT2D eigenvalue weighted by Crippen LogP contribution is 2.33. The van der Waals surface area contributed by atoms with Gasteiger partial charge < -0.3 is 10.2 Å². The van der Waals surface area contributed by atoms with Crippen molar-refractivity contribution in [3.8, 4) is 10.4 Å². The summed E-state index contributed by atoms with van der Waals surface area (Å²) in [5.41, 5.74) is 3.06. The van der Waals surface area contributed by atoms with Crippen molar-refractivity contribution in [2.24, 2.45) is 0 Å². The maximum atomic E-state index is 11.0. The summed E-state index contributed by atoms with van der Waals surface area (Å²) in [5.74, 6) is -0.919. The first kappa shape index (κ1) is 12.8. The Labute approximate surface area is 109 Å². The molecule has 2 N–H and O–H groups in total. The Bertz CT molecular complexity index is 555. The van der Waals surface area contributed by atoms with Gasteiger partial charge in [0.1, 0.15) is 4.88 Å². The Morgan fingerprint density at radius 2 is 1.94 bits per heavy atom. The molecule has 0 saturated carbocycles. The molecule has 2 aromatic rings. The predicted molar refractivity (Wildman–Crippen MR) is 72.2 cm³/mol. The van der Waals surface area contributed by atoms with Crippen LogP contribution < -0.4 is 0 Å². The molecule has 0 amide bonds. The number of rotatable bonds is 4. The molecule has 18 heavy (non-hydrogen) atoms. The van der Waals surface area contributed by atoms with E-state index in [9.17, 15) is 4.79 Å². The average Bonchev–Trinajstić information content (AvgIpc) is 2.75. The maximum Gasteiger partial charge on any atom is 0.345 e. The van der Waals surface area contributed by atoms with E-state index < -0.39 is 5.97 Å². The number of aliphatic hydroxyl groups excluding tert-OH is 1.